The third kappa shape index (κ3) is 14.7. The number of carbonyl (C=O) groups is 6. The van der Waals surface area contributed by atoms with Crippen molar-refractivity contribution in [1.29, 1.82) is 0 Å². The van der Waals surface area contributed by atoms with E-state index in [0.29, 0.717) is 19.3 Å². The zero-order valence-electron chi connectivity index (χ0n) is 55.0. The predicted molar refractivity (Wildman–Crippen MR) is 322 cm³/mol. The number of fused-ring (bicyclic) bond motifs is 3. The number of esters is 1. The second-order valence-electron chi connectivity index (χ2n) is 27.4. The number of phenols is 1. The van der Waals surface area contributed by atoms with Crippen molar-refractivity contribution >= 4 is 47.0 Å². The molecule has 91 heavy (non-hydrogen) atoms. The van der Waals surface area contributed by atoms with E-state index in [1.165, 1.54) is 40.0 Å². The third-order valence-corrected chi connectivity index (χ3v) is 20.9. The number of amides is 4. The van der Waals surface area contributed by atoms with Gasteiger partial charge in [-0.15, -0.1) is 0 Å². The number of nitrogens with one attached hydrogen (secondary N) is 3. The van der Waals surface area contributed by atoms with Gasteiger partial charge in [-0.2, -0.15) is 0 Å². The maximum absolute atomic E-state index is 14.5. The van der Waals surface area contributed by atoms with Crippen LogP contribution in [0.1, 0.15) is 153 Å². The molecule has 24 atom stereocenters. The number of hydrogen-bond donors (Lipinski definition) is 13. The molecule has 7 rings (SSSR count). The van der Waals surface area contributed by atoms with Crippen LogP contribution >= 0.6 is 0 Å². The molecular weight excluding hydrogens is 1400 g/mol. The smallest absolute Gasteiger partial charge is 0.407 e. The number of Topliss-reactive ketones (excluding diaryl/α,β-unsaturated/α-hetero) is 2. The Balaban J connectivity index is 0.0000132. The van der Waals surface area contributed by atoms with Crippen LogP contribution in [0, 0.1) is 97.3 Å². The zero-order valence-corrected chi connectivity index (χ0v) is 59.7. The van der Waals surface area contributed by atoms with E-state index in [4.69, 9.17) is 38.9 Å². The number of nitrogens with two attached hydrogens (primary N) is 1. The first-order valence-corrected chi connectivity index (χ1v) is 31.5. The summed E-state index contributed by atoms with van der Waals surface area (Å²) < 4.78 is 44.3. The van der Waals surface area contributed by atoms with Crippen molar-refractivity contribution in [2.45, 2.75) is 231 Å². The molecule has 3 aliphatic heterocycles. The van der Waals surface area contributed by atoms with E-state index in [-0.39, 0.29) is 118 Å². The summed E-state index contributed by atoms with van der Waals surface area (Å²) in [5.74, 6) is -14.4. The van der Waals surface area contributed by atoms with Crippen LogP contribution in [-0.2, 0) is 57.9 Å². The Labute approximate surface area is 567 Å². The number of aromatic hydroxyl groups is 1. The van der Waals surface area contributed by atoms with E-state index in [1.807, 2.05) is 34.6 Å². The molecular formula is C64H98AcN4O22. The maximum Gasteiger partial charge on any atom is 0.407 e. The quantitative estimate of drug-likeness (QED) is 0.0526. The number of rotatable bonds is 14. The molecule has 509 valence electrons. The number of primary amides is 1. The van der Waals surface area contributed by atoms with E-state index < -0.39 is 188 Å². The van der Waals surface area contributed by atoms with Crippen LogP contribution in [0.2, 0.25) is 0 Å². The predicted octanol–water partition coefficient (Wildman–Crippen LogP) is 4.54. The average molecular weight is 1500 g/mol. The molecule has 4 fully saturated rings. The third-order valence-electron chi connectivity index (χ3n) is 20.9. The van der Waals surface area contributed by atoms with E-state index >= 15 is 0 Å². The minimum Gasteiger partial charge on any atom is -0.508 e. The van der Waals surface area contributed by atoms with E-state index in [1.54, 1.807) is 41.5 Å². The van der Waals surface area contributed by atoms with Gasteiger partial charge in [0.1, 0.15) is 46.3 Å². The van der Waals surface area contributed by atoms with Gasteiger partial charge in [0, 0.05) is 99.9 Å². The van der Waals surface area contributed by atoms with Crippen LogP contribution in [0.15, 0.2) is 29.0 Å². The monoisotopic (exact) mass is 1500 g/mol. The molecule has 3 heterocycles. The van der Waals surface area contributed by atoms with Gasteiger partial charge in [-0.3, -0.25) is 19.2 Å². The van der Waals surface area contributed by atoms with Crippen LogP contribution < -0.4 is 21.7 Å². The summed E-state index contributed by atoms with van der Waals surface area (Å²) in [5.41, 5.74) is -6.70. The van der Waals surface area contributed by atoms with Gasteiger partial charge in [0.15, 0.2) is 30.1 Å². The van der Waals surface area contributed by atoms with E-state index in [2.05, 4.69) is 16.0 Å². The normalized spacial score (nSPS) is 41.5. The summed E-state index contributed by atoms with van der Waals surface area (Å²) >= 11 is 0. The average Bonchev–Trinajstić information content (AvgIpc) is 0.692. The topological polar surface area (TPSA) is 411 Å². The van der Waals surface area contributed by atoms with Crippen LogP contribution in [0.5, 0.6) is 5.75 Å². The molecule has 6 aliphatic rings. The minimum absolute atomic E-state index is 0. The number of benzene rings is 1. The number of carbonyl (C=O) groups excluding carboxylic acids is 6. The Morgan fingerprint density at radius 3 is 2.01 bits per heavy atom. The van der Waals surface area contributed by atoms with Crippen LogP contribution in [0.25, 0.3) is 5.76 Å². The summed E-state index contributed by atoms with van der Waals surface area (Å²) in [6.07, 6.45) is -10.0. The van der Waals surface area contributed by atoms with Crippen molar-refractivity contribution in [3.8, 4) is 5.75 Å². The van der Waals surface area contributed by atoms with E-state index in [9.17, 15) is 74.7 Å². The number of methoxy groups -OCH3 is 1. The summed E-state index contributed by atoms with van der Waals surface area (Å²) in [7, 11) is 1.44. The number of phenolic OH excluding ortho intramolecular Hbond substituents is 1. The van der Waals surface area contributed by atoms with Gasteiger partial charge in [0.25, 0.3) is 5.91 Å². The molecule has 1 saturated carbocycles. The van der Waals surface area contributed by atoms with Crippen LogP contribution in [0.3, 0.4) is 0 Å². The summed E-state index contributed by atoms with van der Waals surface area (Å²) in [6.45, 7) is 23.8. The molecule has 3 aliphatic carbocycles. The fourth-order valence-electron chi connectivity index (χ4n) is 15.0. The number of unbranched alkanes of at least 4 members (excludes halogenated alkanes) is 1. The second kappa shape index (κ2) is 29.1. The number of aliphatic hydroxyl groups excluding tert-OH is 4. The van der Waals surface area contributed by atoms with Gasteiger partial charge < -0.3 is 101 Å². The standard InChI is InChI=1S/C64H98N4O22.Ac/c1-16-40-63(14,82)50(73)31(6)30(5)28(3)25-60(11,80)53(89-57-45(69)27(2)23-29(4)85-57)33(8)49(34(9)56(77)87-40)88-41-26-61(12,84-15)54(35(10)86-41)90-59(79)67-22-18-17-21-66-58(78)68-39-20-19-36-42(47(39)71)48(72)43-38(62(36,13)81)24-37-32(7)46(70)44(55(65)76)52(75)64(37,83)51(43)74;/h19-20,27-35,37-38,40-41,45,49-50,53-54,57,69,71-73,75,80-83H,16-18,21-26H2,1-15H3,(H2,65,76)(H,67,79)(H2,66,68,78);/t27?,28-,29?,30+,31+,32+,33?,34-,35?,37+,38+,40-,41?,45?,49+,50-,53-,54?,57?,60-,61?,62-,63-,64+;/m1./s1. The Morgan fingerprint density at radius 2 is 1.41 bits per heavy atom. The molecule has 1 aromatic carbocycles. The summed E-state index contributed by atoms with van der Waals surface area (Å²) in [6, 6.07) is 1.78. The van der Waals surface area contributed by atoms with Crippen molar-refractivity contribution in [2.75, 3.05) is 25.5 Å². The number of cyclic esters (lactones) is 1. The molecule has 0 spiro atoms. The Morgan fingerprint density at radius 1 is 0.780 bits per heavy atom. The Kier molecular flexibility index (Phi) is 24.3. The molecule has 0 bridgehead atoms. The van der Waals surface area contributed by atoms with Crippen molar-refractivity contribution in [2.24, 2.45) is 59.0 Å². The molecule has 4 amide bonds. The zero-order chi connectivity index (χ0) is 67.4. The Bertz CT molecular complexity index is 2940. The van der Waals surface area contributed by atoms with Crippen molar-refractivity contribution in [3.05, 3.63) is 40.2 Å². The summed E-state index contributed by atoms with van der Waals surface area (Å²) in [4.78, 5) is 80.6. The number of anilines is 1. The van der Waals surface area contributed by atoms with Crippen molar-refractivity contribution in [3.63, 3.8) is 0 Å². The van der Waals surface area contributed by atoms with Gasteiger partial charge in [-0.05, 0) is 122 Å². The summed E-state index contributed by atoms with van der Waals surface area (Å²) in [5, 5.41) is 114. The molecule has 26 nitrogen and oxygen atoms in total. The molecule has 14 N–H and O–H groups in total. The molecule has 27 heteroatoms. The first-order valence-electron chi connectivity index (χ1n) is 31.5. The van der Waals surface area contributed by atoms with Gasteiger partial charge in [-0.25, -0.2) is 9.59 Å². The number of hydrogen-bond acceptors (Lipinski definition) is 22. The maximum atomic E-state index is 14.5. The fourth-order valence-corrected chi connectivity index (χ4v) is 15.0. The first kappa shape index (κ1) is 75.9. The van der Waals surface area contributed by atoms with Gasteiger partial charge in [0.2, 0.25) is 5.78 Å². The Hall–Kier alpha value is -4.08. The second-order valence-corrected chi connectivity index (χ2v) is 27.4. The molecule has 1 radical (unpaired) electrons. The minimum atomic E-state index is -2.89. The first-order chi connectivity index (χ1) is 41.7. The molecule has 1 aromatic rings. The van der Waals surface area contributed by atoms with Crippen molar-refractivity contribution in [1.82, 2.24) is 10.6 Å². The number of ketones is 2. The van der Waals surface area contributed by atoms with Gasteiger partial charge in [-0.1, -0.05) is 54.5 Å². The number of aliphatic hydroxyl groups is 8. The SMILES string of the molecule is CC[C@H]1OC(=O)[C@H](C)[C@@H](OC2CC(C)(OC)C(OC(=O)NCCCCNC(=O)Nc3ccc4c(c3O)C(O)=C3C(=O)[C@]5(O)C(O)=C(C(N)=O)C(=O)[C@@H](C)[C@@H]5C[C@@H]3[C@]4(C)O)C(C)O2)C(C)[C@@H](OC2OC(C)CC(C)C2O)[C@](C)(O)C[C@@H](C)[C@H](C)[C@H](C)[C@@H](O)[C@]1(C)O.[Ac]. The molecule has 9 unspecified atom stereocenters. The van der Waals surface area contributed by atoms with Gasteiger partial charge in [0.05, 0.1) is 58.9 Å². The van der Waals surface area contributed by atoms with Crippen LogP contribution in [0.4, 0.5) is 15.3 Å². The number of urea groups is 1. The molecule has 0 aromatic heterocycles. The largest absolute Gasteiger partial charge is 0.508 e. The fraction of sp³-hybridized carbons (Fsp3) is 0.750. The number of ether oxygens (including phenoxy) is 7. The molecule has 3 saturated heterocycles. The number of alkyl carbamates (subject to hydrolysis) is 1. The van der Waals surface area contributed by atoms with E-state index in [0.717, 1.165) is 0 Å². The van der Waals surface area contributed by atoms with Crippen molar-refractivity contribution < 1.29 is 152 Å². The van der Waals surface area contributed by atoms with Crippen LogP contribution in [-0.4, -0.2) is 186 Å². The van der Waals surface area contributed by atoms with Gasteiger partial charge >= 0.3 is 18.1 Å².